The fourth-order valence-electron chi connectivity index (χ4n) is 1.42. The van der Waals surface area contributed by atoms with Crippen molar-refractivity contribution in [2.24, 2.45) is 5.73 Å². The van der Waals surface area contributed by atoms with Gasteiger partial charge in [0, 0.05) is 10.9 Å². The Hall–Kier alpha value is -0.0300. The molecular formula is C7H13Cl2N3S. The van der Waals surface area contributed by atoms with Crippen molar-refractivity contribution in [3.8, 4) is 0 Å². The topological polar surface area (TPSA) is 64.9 Å². The van der Waals surface area contributed by atoms with Gasteiger partial charge in [-0.15, -0.1) is 36.2 Å². The molecule has 1 heterocycles. The number of fused-ring (bicyclic) bond motifs is 1. The Kier molecular flexibility index (Phi) is 4.99. The van der Waals surface area contributed by atoms with Gasteiger partial charge >= 0.3 is 0 Å². The van der Waals surface area contributed by atoms with Gasteiger partial charge in [0.25, 0.3) is 0 Å². The number of rotatable bonds is 0. The molecule has 0 aromatic carbocycles. The van der Waals surface area contributed by atoms with Crippen LogP contribution in [0, 0.1) is 0 Å². The highest BCUT2D eigenvalue weighted by atomic mass is 35.5. The summed E-state index contributed by atoms with van der Waals surface area (Å²) in [6.45, 7) is 0. The Labute approximate surface area is 93.7 Å². The summed E-state index contributed by atoms with van der Waals surface area (Å²) in [5.74, 6) is 0. The molecule has 4 N–H and O–H groups in total. The van der Waals surface area contributed by atoms with Crippen molar-refractivity contribution in [1.82, 2.24) is 4.98 Å². The van der Waals surface area contributed by atoms with E-state index in [4.69, 9.17) is 11.5 Å². The summed E-state index contributed by atoms with van der Waals surface area (Å²) in [5.41, 5.74) is 12.5. The second-order valence-corrected chi connectivity index (χ2v) is 4.04. The van der Waals surface area contributed by atoms with Gasteiger partial charge in [0.2, 0.25) is 0 Å². The average Bonchev–Trinajstić information content (AvgIpc) is 2.27. The predicted molar refractivity (Wildman–Crippen MR) is 61.0 cm³/mol. The van der Waals surface area contributed by atoms with Gasteiger partial charge in [-0.3, -0.25) is 0 Å². The molecule has 1 atom stereocenters. The zero-order valence-corrected chi connectivity index (χ0v) is 9.47. The van der Waals surface area contributed by atoms with Crippen molar-refractivity contribution in [2.75, 3.05) is 5.73 Å². The van der Waals surface area contributed by atoms with Crippen molar-refractivity contribution in [3.05, 3.63) is 10.6 Å². The number of nitrogens with zero attached hydrogens (tertiary/aromatic N) is 1. The quantitative estimate of drug-likeness (QED) is 0.722. The van der Waals surface area contributed by atoms with E-state index in [2.05, 4.69) is 4.98 Å². The fourth-order valence-corrected chi connectivity index (χ4v) is 2.39. The molecule has 76 valence electrons. The van der Waals surface area contributed by atoms with Crippen LogP contribution in [0.2, 0.25) is 0 Å². The van der Waals surface area contributed by atoms with Crippen LogP contribution in [0.4, 0.5) is 5.13 Å². The zero-order valence-electron chi connectivity index (χ0n) is 7.03. The Bertz CT molecular complexity index is 277. The number of thiazole rings is 1. The predicted octanol–water partition coefficient (Wildman–Crippen LogP) is 1.38. The van der Waals surface area contributed by atoms with Crippen molar-refractivity contribution in [2.45, 2.75) is 25.3 Å². The van der Waals surface area contributed by atoms with Crippen molar-refractivity contribution >= 4 is 41.3 Å². The van der Waals surface area contributed by atoms with E-state index in [1.54, 1.807) is 11.3 Å². The molecule has 1 aliphatic rings. The lowest BCUT2D eigenvalue weighted by molar-refractivity contribution is 0.576. The van der Waals surface area contributed by atoms with Gasteiger partial charge in [-0.25, -0.2) is 4.98 Å². The van der Waals surface area contributed by atoms with Crippen LogP contribution in [-0.4, -0.2) is 11.0 Å². The number of halogens is 2. The molecule has 6 heteroatoms. The standard InChI is InChI=1S/C7H11N3S.2ClH/c8-4-1-2-5-6(3-4)11-7(9)10-5;;/h4H,1-3,8H2,(H2,9,10);2*1H/t4-;;/m0../s1. The van der Waals surface area contributed by atoms with Gasteiger partial charge in [0.1, 0.15) is 0 Å². The molecule has 2 rings (SSSR count). The smallest absolute Gasteiger partial charge is 0.180 e. The molecule has 0 fully saturated rings. The minimum absolute atomic E-state index is 0. The summed E-state index contributed by atoms with van der Waals surface area (Å²) < 4.78 is 0. The molecule has 0 spiro atoms. The minimum Gasteiger partial charge on any atom is -0.375 e. The van der Waals surface area contributed by atoms with Crippen LogP contribution in [-0.2, 0) is 12.8 Å². The Morgan fingerprint density at radius 1 is 1.38 bits per heavy atom. The van der Waals surface area contributed by atoms with Crippen LogP contribution in [0.3, 0.4) is 0 Å². The third kappa shape index (κ3) is 2.71. The van der Waals surface area contributed by atoms with Crippen LogP contribution in [0.15, 0.2) is 0 Å². The number of nitrogens with two attached hydrogens (primary N) is 2. The molecule has 0 saturated carbocycles. The molecule has 0 aliphatic heterocycles. The van der Waals surface area contributed by atoms with Gasteiger partial charge in [-0.1, -0.05) is 0 Å². The van der Waals surface area contributed by atoms with Crippen molar-refractivity contribution in [3.63, 3.8) is 0 Å². The fraction of sp³-hybridized carbons (Fsp3) is 0.571. The lowest BCUT2D eigenvalue weighted by Crippen LogP contribution is -2.26. The van der Waals surface area contributed by atoms with E-state index in [0.29, 0.717) is 11.2 Å². The number of aromatic nitrogens is 1. The second kappa shape index (κ2) is 5.00. The maximum absolute atomic E-state index is 5.80. The Morgan fingerprint density at radius 2 is 2.08 bits per heavy atom. The molecule has 0 amide bonds. The van der Waals surface area contributed by atoms with Crippen LogP contribution in [0.5, 0.6) is 0 Å². The van der Waals surface area contributed by atoms with E-state index < -0.39 is 0 Å². The zero-order chi connectivity index (χ0) is 7.84. The minimum atomic E-state index is 0. The van der Waals surface area contributed by atoms with Gasteiger partial charge in [-0.2, -0.15) is 0 Å². The average molecular weight is 242 g/mol. The van der Waals surface area contributed by atoms with E-state index in [1.807, 2.05) is 0 Å². The normalized spacial score (nSPS) is 19.6. The summed E-state index contributed by atoms with van der Waals surface area (Å²) in [5, 5.41) is 0.684. The molecule has 0 unspecified atom stereocenters. The number of aryl methyl sites for hydroxylation is 1. The summed E-state index contributed by atoms with van der Waals surface area (Å²) >= 11 is 1.58. The lowest BCUT2D eigenvalue weighted by Gasteiger charge is -2.15. The first-order valence-corrected chi connectivity index (χ1v) is 4.57. The van der Waals surface area contributed by atoms with Gasteiger partial charge in [0.15, 0.2) is 5.13 Å². The largest absolute Gasteiger partial charge is 0.375 e. The molecule has 1 aromatic heterocycles. The van der Waals surface area contributed by atoms with E-state index in [1.165, 1.54) is 10.6 Å². The molecule has 13 heavy (non-hydrogen) atoms. The summed E-state index contributed by atoms with van der Waals surface area (Å²) in [7, 11) is 0. The third-order valence-corrected chi connectivity index (χ3v) is 2.94. The monoisotopic (exact) mass is 241 g/mol. The highest BCUT2D eigenvalue weighted by molar-refractivity contribution is 7.15. The second-order valence-electron chi connectivity index (χ2n) is 2.92. The van der Waals surface area contributed by atoms with Crippen LogP contribution in [0.25, 0.3) is 0 Å². The number of nitrogen functional groups attached to an aromatic ring is 1. The summed E-state index contributed by atoms with van der Waals surface area (Å²) in [6, 6.07) is 0.322. The highest BCUT2D eigenvalue weighted by Gasteiger charge is 2.18. The van der Waals surface area contributed by atoms with E-state index in [9.17, 15) is 0 Å². The van der Waals surface area contributed by atoms with Gasteiger partial charge in [-0.05, 0) is 19.3 Å². The van der Waals surface area contributed by atoms with Crippen LogP contribution < -0.4 is 11.5 Å². The lowest BCUT2D eigenvalue weighted by atomic mass is 9.99. The third-order valence-electron chi connectivity index (χ3n) is 1.99. The van der Waals surface area contributed by atoms with E-state index >= 15 is 0 Å². The summed E-state index contributed by atoms with van der Waals surface area (Å²) in [4.78, 5) is 5.52. The molecular weight excluding hydrogens is 229 g/mol. The summed E-state index contributed by atoms with van der Waals surface area (Å²) in [6.07, 6.45) is 3.02. The van der Waals surface area contributed by atoms with Crippen molar-refractivity contribution in [1.29, 1.82) is 0 Å². The first-order chi connectivity index (χ1) is 5.25. The molecule has 1 aliphatic carbocycles. The van der Waals surface area contributed by atoms with Crippen LogP contribution >= 0.6 is 36.2 Å². The number of anilines is 1. The molecule has 0 bridgehead atoms. The molecule has 0 radical (unpaired) electrons. The van der Waals surface area contributed by atoms with E-state index in [-0.39, 0.29) is 24.8 Å². The number of hydrogen-bond acceptors (Lipinski definition) is 4. The van der Waals surface area contributed by atoms with Gasteiger partial charge < -0.3 is 11.5 Å². The maximum atomic E-state index is 5.80. The maximum Gasteiger partial charge on any atom is 0.180 e. The Balaban J connectivity index is 0.000000720. The van der Waals surface area contributed by atoms with Crippen molar-refractivity contribution < 1.29 is 0 Å². The SMILES string of the molecule is Cl.Cl.Nc1nc2c(s1)C[C@@H](N)CC2. The highest BCUT2D eigenvalue weighted by Crippen LogP contribution is 2.27. The van der Waals surface area contributed by atoms with Gasteiger partial charge in [0.05, 0.1) is 5.69 Å². The molecule has 1 aromatic rings. The molecule has 3 nitrogen and oxygen atoms in total. The first-order valence-electron chi connectivity index (χ1n) is 3.75. The van der Waals surface area contributed by atoms with Crippen LogP contribution in [0.1, 0.15) is 17.0 Å². The van der Waals surface area contributed by atoms with E-state index in [0.717, 1.165) is 19.3 Å². The molecule has 0 saturated heterocycles. The Morgan fingerprint density at radius 3 is 2.77 bits per heavy atom. The number of hydrogen-bond donors (Lipinski definition) is 2. The first kappa shape index (κ1) is 13.0.